The van der Waals surface area contributed by atoms with Gasteiger partial charge in [0.05, 0.1) is 11.9 Å². The fourth-order valence-corrected chi connectivity index (χ4v) is 0.789. The zero-order valence-electron chi connectivity index (χ0n) is 7.77. The Kier molecular flexibility index (Phi) is 2.97. The van der Waals surface area contributed by atoms with Crippen molar-refractivity contribution in [2.45, 2.75) is 13.1 Å². The van der Waals surface area contributed by atoms with Gasteiger partial charge in [0.15, 0.2) is 0 Å². The van der Waals surface area contributed by atoms with E-state index in [0.29, 0.717) is 12.2 Å². The maximum atomic E-state index is 11.2. The van der Waals surface area contributed by atoms with Crippen LogP contribution >= 0.6 is 0 Å². The number of likely N-dealkylation sites (N-methyl/N-ethyl adjacent to an activating group) is 1. The van der Waals surface area contributed by atoms with E-state index in [2.05, 4.69) is 10.3 Å². The van der Waals surface area contributed by atoms with Crippen LogP contribution in [0.1, 0.15) is 5.69 Å². The Balaban J connectivity index is 2.59. The average Bonchev–Trinajstić information content (AvgIpc) is 2.52. The molecule has 6 heteroatoms. The third kappa shape index (κ3) is 2.51. The lowest BCUT2D eigenvalue weighted by molar-refractivity contribution is -0.129. The van der Waals surface area contributed by atoms with Gasteiger partial charge in [0, 0.05) is 20.6 Å². The number of carbonyl (C=O) groups excluding carboxylic acids is 1. The molecule has 0 aliphatic carbocycles. The second kappa shape index (κ2) is 3.99. The normalized spacial score (nSPS) is 10.1. The van der Waals surface area contributed by atoms with Crippen molar-refractivity contribution < 1.29 is 4.79 Å². The Hall–Kier alpha value is -1.43. The number of nitrogens with zero attached hydrogens (tertiary/aromatic N) is 4. The molecule has 13 heavy (non-hydrogen) atoms. The lowest BCUT2D eigenvalue weighted by Gasteiger charge is -2.08. The largest absolute Gasteiger partial charge is 0.347 e. The van der Waals surface area contributed by atoms with E-state index in [-0.39, 0.29) is 12.5 Å². The summed E-state index contributed by atoms with van der Waals surface area (Å²) in [6, 6.07) is 0. The summed E-state index contributed by atoms with van der Waals surface area (Å²) >= 11 is 0. The van der Waals surface area contributed by atoms with Crippen molar-refractivity contribution in [3.8, 4) is 0 Å². The molecule has 0 aromatic carbocycles. The van der Waals surface area contributed by atoms with Crippen molar-refractivity contribution in [3.63, 3.8) is 0 Å². The van der Waals surface area contributed by atoms with E-state index in [0.717, 1.165) is 0 Å². The molecule has 0 spiro atoms. The van der Waals surface area contributed by atoms with Crippen LogP contribution in [0.5, 0.6) is 0 Å². The Morgan fingerprint density at radius 1 is 1.69 bits per heavy atom. The minimum absolute atomic E-state index is 0.0199. The van der Waals surface area contributed by atoms with Gasteiger partial charge in [0.25, 0.3) is 0 Å². The molecule has 6 nitrogen and oxygen atoms in total. The highest BCUT2D eigenvalue weighted by molar-refractivity contribution is 5.75. The van der Waals surface area contributed by atoms with Gasteiger partial charge < -0.3 is 10.6 Å². The maximum absolute atomic E-state index is 11.2. The predicted molar refractivity (Wildman–Crippen MR) is 46.6 cm³/mol. The van der Waals surface area contributed by atoms with Crippen LogP contribution < -0.4 is 5.73 Å². The van der Waals surface area contributed by atoms with Crippen LogP contribution in [0.4, 0.5) is 0 Å². The number of amides is 1. The molecule has 0 fully saturated rings. The molecule has 0 saturated heterocycles. The highest BCUT2D eigenvalue weighted by atomic mass is 16.2. The summed E-state index contributed by atoms with van der Waals surface area (Å²) in [7, 11) is 3.40. The van der Waals surface area contributed by atoms with E-state index in [9.17, 15) is 4.79 Å². The van der Waals surface area contributed by atoms with Crippen molar-refractivity contribution in [2.24, 2.45) is 5.73 Å². The van der Waals surface area contributed by atoms with Crippen molar-refractivity contribution in [1.29, 1.82) is 0 Å². The van der Waals surface area contributed by atoms with Gasteiger partial charge in [-0.15, -0.1) is 5.10 Å². The smallest absolute Gasteiger partial charge is 0.243 e. The van der Waals surface area contributed by atoms with Crippen LogP contribution in [0.15, 0.2) is 6.20 Å². The maximum Gasteiger partial charge on any atom is 0.243 e. The monoisotopic (exact) mass is 183 g/mol. The topological polar surface area (TPSA) is 77.0 Å². The van der Waals surface area contributed by atoms with Gasteiger partial charge in [-0.25, -0.2) is 4.68 Å². The zero-order valence-corrected chi connectivity index (χ0v) is 7.77. The summed E-state index contributed by atoms with van der Waals surface area (Å²) in [5.74, 6) is -0.0199. The molecule has 1 aromatic heterocycles. The van der Waals surface area contributed by atoms with Crippen molar-refractivity contribution >= 4 is 5.91 Å². The first-order valence-corrected chi connectivity index (χ1v) is 3.92. The van der Waals surface area contributed by atoms with Gasteiger partial charge in [-0.3, -0.25) is 4.79 Å². The first-order chi connectivity index (χ1) is 6.13. The van der Waals surface area contributed by atoms with E-state index in [4.69, 9.17) is 5.73 Å². The molecular weight excluding hydrogens is 170 g/mol. The molecule has 0 unspecified atom stereocenters. The van der Waals surface area contributed by atoms with Crippen LogP contribution in [-0.4, -0.2) is 39.9 Å². The molecule has 0 aliphatic heterocycles. The highest BCUT2D eigenvalue weighted by Crippen LogP contribution is 1.92. The van der Waals surface area contributed by atoms with E-state index < -0.39 is 0 Å². The predicted octanol–water partition coefficient (Wildman–Crippen LogP) is -1.17. The van der Waals surface area contributed by atoms with Crippen LogP contribution in [0, 0.1) is 0 Å². The number of nitrogens with two attached hydrogens (primary N) is 1. The third-order valence-electron chi connectivity index (χ3n) is 1.59. The second-order valence-electron chi connectivity index (χ2n) is 2.90. The molecule has 72 valence electrons. The number of carbonyl (C=O) groups is 1. The van der Waals surface area contributed by atoms with E-state index in [1.807, 2.05) is 0 Å². The molecule has 0 bridgehead atoms. The van der Waals surface area contributed by atoms with Gasteiger partial charge in [-0.1, -0.05) is 5.21 Å². The Morgan fingerprint density at radius 3 is 2.85 bits per heavy atom. The van der Waals surface area contributed by atoms with Gasteiger partial charge in [0.2, 0.25) is 5.91 Å². The van der Waals surface area contributed by atoms with Crippen LogP contribution in [-0.2, 0) is 17.9 Å². The molecule has 1 amide bonds. The van der Waals surface area contributed by atoms with Gasteiger partial charge in [-0.05, 0) is 0 Å². The minimum atomic E-state index is -0.0199. The first-order valence-electron chi connectivity index (χ1n) is 3.92. The Labute approximate surface area is 76.3 Å². The van der Waals surface area contributed by atoms with E-state index in [1.165, 1.54) is 9.58 Å². The lowest BCUT2D eigenvalue weighted by Crippen LogP contribution is -2.26. The molecule has 0 aliphatic rings. The summed E-state index contributed by atoms with van der Waals surface area (Å²) in [6.07, 6.45) is 1.67. The summed E-state index contributed by atoms with van der Waals surface area (Å²) in [5.41, 5.74) is 6.03. The average molecular weight is 183 g/mol. The molecule has 0 saturated carbocycles. The quantitative estimate of drug-likeness (QED) is 0.640. The molecule has 1 rings (SSSR count). The molecule has 1 aromatic rings. The summed E-state index contributed by atoms with van der Waals surface area (Å²) in [4.78, 5) is 12.7. The Bertz CT molecular complexity index is 293. The number of aromatic nitrogens is 3. The van der Waals surface area contributed by atoms with Gasteiger partial charge in [0.1, 0.15) is 6.54 Å². The first kappa shape index (κ1) is 9.66. The van der Waals surface area contributed by atoms with Gasteiger partial charge >= 0.3 is 0 Å². The van der Waals surface area contributed by atoms with E-state index in [1.54, 1.807) is 20.3 Å². The zero-order chi connectivity index (χ0) is 9.84. The van der Waals surface area contributed by atoms with E-state index >= 15 is 0 Å². The minimum Gasteiger partial charge on any atom is -0.347 e. The van der Waals surface area contributed by atoms with Crippen LogP contribution in [0.2, 0.25) is 0 Å². The van der Waals surface area contributed by atoms with Crippen molar-refractivity contribution in [2.75, 3.05) is 14.1 Å². The fourth-order valence-electron chi connectivity index (χ4n) is 0.789. The molecule has 0 radical (unpaired) electrons. The van der Waals surface area contributed by atoms with Crippen molar-refractivity contribution in [1.82, 2.24) is 19.9 Å². The molecule has 2 N–H and O–H groups in total. The van der Waals surface area contributed by atoms with Crippen LogP contribution in [0.25, 0.3) is 0 Å². The fraction of sp³-hybridized carbons (Fsp3) is 0.571. The SMILES string of the molecule is CN(C)C(=O)Cn1cc(CN)nn1. The van der Waals surface area contributed by atoms with Crippen LogP contribution in [0.3, 0.4) is 0 Å². The third-order valence-corrected chi connectivity index (χ3v) is 1.59. The number of rotatable bonds is 3. The molecule has 1 heterocycles. The molecule has 0 atom stereocenters. The second-order valence-corrected chi connectivity index (χ2v) is 2.90. The number of hydrogen-bond donors (Lipinski definition) is 1. The van der Waals surface area contributed by atoms with Gasteiger partial charge in [-0.2, -0.15) is 0 Å². The summed E-state index contributed by atoms with van der Waals surface area (Å²) in [6.45, 7) is 0.552. The summed E-state index contributed by atoms with van der Waals surface area (Å²) in [5, 5.41) is 7.51. The molecular formula is C7H13N5O. The Morgan fingerprint density at radius 2 is 2.38 bits per heavy atom. The van der Waals surface area contributed by atoms with Crippen molar-refractivity contribution in [3.05, 3.63) is 11.9 Å². The highest BCUT2D eigenvalue weighted by Gasteiger charge is 2.06. The lowest BCUT2D eigenvalue weighted by atomic mass is 10.5. The summed E-state index contributed by atoms with van der Waals surface area (Å²) < 4.78 is 1.48. The standard InChI is InChI=1S/C7H13N5O/c1-11(2)7(13)5-12-4-6(3-8)9-10-12/h4H,3,5,8H2,1-2H3. The number of hydrogen-bond acceptors (Lipinski definition) is 4.